The van der Waals surface area contributed by atoms with Crippen molar-refractivity contribution in [2.24, 2.45) is 0 Å². The van der Waals surface area contributed by atoms with Gasteiger partial charge in [-0.1, -0.05) is 0 Å². The van der Waals surface area contributed by atoms with Crippen molar-refractivity contribution in [3.05, 3.63) is 24.5 Å². The van der Waals surface area contributed by atoms with Crippen molar-refractivity contribution in [2.75, 3.05) is 11.6 Å². The van der Waals surface area contributed by atoms with E-state index >= 15 is 0 Å². The summed E-state index contributed by atoms with van der Waals surface area (Å²) < 4.78 is 23.9. The molecule has 2 atom stereocenters. The summed E-state index contributed by atoms with van der Waals surface area (Å²) in [6.07, 6.45) is 6.55. The highest BCUT2D eigenvalue weighted by Crippen LogP contribution is 2.17. The van der Waals surface area contributed by atoms with Gasteiger partial charge < -0.3 is 4.55 Å². The zero-order valence-electron chi connectivity index (χ0n) is 7.83. The van der Waals surface area contributed by atoms with Crippen LogP contribution in [-0.2, 0) is 11.1 Å². The molecule has 0 radical (unpaired) electrons. The number of hydrogen-bond donors (Lipinski definition) is 0. The van der Waals surface area contributed by atoms with E-state index in [0.717, 1.165) is 25.8 Å². The van der Waals surface area contributed by atoms with Gasteiger partial charge in [0.1, 0.15) is 5.37 Å². The summed E-state index contributed by atoms with van der Waals surface area (Å²) in [4.78, 5) is 0. The third kappa shape index (κ3) is 1.83. The zero-order chi connectivity index (χ0) is 9.97. The molecule has 1 aromatic rings. The lowest BCUT2D eigenvalue weighted by atomic mass is 10.2. The Kier molecular flexibility index (Phi) is 2.88. The molecule has 4 nitrogen and oxygen atoms in total. The molecule has 0 bridgehead atoms. The average molecular weight is 213 g/mol. The minimum Gasteiger partial charge on any atom is -0.771 e. The standard InChI is InChI=1S/C9H14N2O2S/c12-14(13)9-5-1-2-8-11(9)10-6-3-4-7-10/h3-4,6-7,9H,1-2,5,8H2,(H,12,13)/p-1. The van der Waals surface area contributed by atoms with Gasteiger partial charge in [-0.25, -0.2) is 0 Å². The second-order valence-electron chi connectivity index (χ2n) is 3.44. The van der Waals surface area contributed by atoms with Crippen LogP contribution < -0.4 is 5.01 Å². The van der Waals surface area contributed by atoms with Crippen LogP contribution in [0.3, 0.4) is 0 Å². The van der Waals surface area contributed by atoms with E-state index < -0.39 is 11.1 Å². The van der Waals surface area contributed by atoms with Crippen molar-refractivity contribution < 1.29 is 8.76 Å². The van der Waals surface area contributed by atoms with E-state index in [-0.39, 0.29) is 5.37 Å². The summed E-state index contributed by atoms with van der Waals surface area (Å²) in [6, 6.07) is 3.80. The molecule has 0 aliphatic carbocycles. The van der Waals surface area contributed by atoms with E-state index in [1.807, 2.05) is 34.2 Å². The van der Waals surface area contributed by atoms with Gasteiger partial charge in [0, 0.05) is 18.9 Å². The second-order valence-corrected chi connectivity index (χ2v) is 4.50. The molecule has 78 valence electrons. The van der Waals surface area contributed by atoms with Crippen molar-refractivity contribution in [3.63, 3.8) is 0 Å². The fourth-order valence-corrected chi connectivity index (χ4v) is 2.61. The van der Waals surface area contributed by atoms with Gasteiger partial charge in [-0.3, -0.25) is 13.9 Å². The summed E-state index contributed by atoms with van der Waals surface area (Å²) in [6.45, 7) is 0.813. The van der Waals surface area contributed by atoms with E-state index in [2.05, 4.69) is 0 Å². The second kappa shape index (κ2) is 4.14. The predicted molar refractivity (Wildman–Crippen MR) is 54.1 cm³/mol. The molecular formula is C9H13N2O2S-. The van der Waals surface area contributed by atoms with Gasteiger partial charge in [-0.2, -0.15) is 0 Å². The van der Waals surface area contributed by atoms with Crippen LogP contribution in [0.5, 0.6) is 0 Å². The van der Waals surface area contributed by atoms with E-state index in [9.17, 15) is 8.76 Å². The maximum absolute atomic E-state index is 11.0. The van der Waals surface area contributed by atoms with Gasteiger partial charge >= 0.3 is 0 Å². The fraction of sp³-hybridized carbons (Fsp3) is 0.556. The first-order chi connectivity index (χ1) is 6.79. The largest absolute Gasteiger partial charge is 0.771 e. The SMILES string of the molecule is O=S([O-])C1CCCCN1n1cccc1. The summed E-state index contributed by atoms with van der Waals surface area (Å²) in [7, 11) is 0. The van der Waals surface area contributed by atoms with Gasteiger partial charge in [0.2, 0.25) is 0 Å². The maximum Gasteiger partial charge on any atom is 0.107 e. The number of aromatic nitrogens is 1. The lowest BCUT2D eigenvalue weighted by Gasteiger charge is -2.38. The van der Waals surface area contributed by atoms with Crippen LogP contribution in [0.2, 0.25) is 0 Å². The van der Waals surface area contributed by atoms with Crippen LogP contribution in [0.4, 0.5) is 0 Å². The van der Waals surface area contributed by atoms with Gasteiger partial charge in [-0.15, -0.1) is 0 Å². The first-order valence-electron chi connectivity index (χ1n) is 4.77. The number of piperidine rings is 1. The summed E-state index contributed by atoms with van der Waals surface area (Å²) in [5, 5.41) is 1.53. The van der Waals surface area contributed by atoms with Crippen LogP contribution in [0.25, 0.3) is 0 Å². The Morgan fingerprint density at radius 3 is 2.64 bits per heavy atom. The molecule has 1 aliphatic rings. The Labute approximate surface area is 85.8 Å². The molecule has 1 aromatic heterocycles. The number of nitrogens with zero attached hydrogens (tertiary/aromatic N) is 2. The average Bonchev–Trinajstić information content (AvgIpc) is 2.70. The van der Waals surface area contributed by atoms with E-state index in [4.69, 9.17) is 0 Å². The topological polar surface area (TPSA) is 48.3 Å². The van der Waals surface area contributed by atoms with Crippen LogP contribution in [0, 0.1) is 0 Å². The molecule has 1 aliphatic heterocycles. The normalized spacial score (nSPS) is 24.9. The Balaban J connectivity index is 2.18. The summed E-state index contributed by atoms with van der Waals surface area (Å²) >= 11 is -2.01. The van der Waals surface area contributed by atoms with Gasteiger partial charge in [0.05, 0.1) is 0 Å². The molecule has 2 unspecified atom stereocenters. The number of rotatable bonds is 2. The van der Waals surface area contributed by atoms with Crippen LogP contribution in [0.15, 0.2) is 24.5 Å². The molecule has 1 saturated heterocycles. The Bertz CT molecular complexity index is 313. The Morgan fingerprint density at radius 2 is 2.00 bits per heavy atom. The van der Waals surface area contributed by atoms with Gasteiger partial charge in [0.15, 0.2) is 0 Å². The van der Waals surface area contributed by atoms with Crippen molar-refractivity contribution in [3.8, 4) is 0 Å². The summed E-state index contributed by atoms with van der Waals surface area (Å²) in [5.41, 5.74) is 0. The first kappa shape index (κ1) is 9.73. The van der Waals surface area contributed by atoms with Crippen LogP contribution in [-0.4, -0.2) is 25.4 Å². The Hall–Kier alpha value is -0.810. The number of hydrogen-bond acceptors (Lipinski definition) is 3. The lowest BCUT2D eigenvalue weighted by molar-refractivity contribution is 0.421. The van der Waals surface area contributed by atoms with Gasteiger partial charge in [0.25, 0.3) is 0 Å². The van der Waals surface area contributed by atoms with Crippen molar-refractivity contribution in [1.82, 2.24) is 4.68 Å². The third-order valence-corrected chi connectivity index (χ3v) is 3.45. The van der Waals surface area contributed by atoms with Crippen LogP contribution in [0.1, 0.15) is 19.3 Å². The maximum atomic E-state index is 11.0. The van der Waals surface area contributed by atoms with E-state index in [0.29, 0.717) is 0 Å². The minimum atomic E-state index is -2.01. The molecule has 2 rings (SSSR count). The highest BCUT2D eigenvalue weighted by atomic mass is 32.2. The predicted octanol–water partition coefficient (Wildman–Crippen LogP) is 0.815. The van der Waals surface area contributed by atoms with Crippen molar-refractivity contribution in [1.29, 1.82) is 0 Å². The highest BCUT2D eigenvalue weighted by molar-refractivity contribution is 7.79. The minimum absolute atomic E-state index is 0.365. The molecule has 0 saturated carbocycles. The highest BCUT2D eigenvalue weighted by Gasteiger charge is 2.22. The smallest absolute Gasteiger partial charge is 0.107 e. The van der Waals surface area contributed by atoms with Crippen molar-refractivity contribution >= 4 is 11.1 Å². The van der Waals surface area contributed by atoms with Crippen LogP contribution >= 0.6 is 0 Å². The molecule has 1 fully saturated rings. The monoisotopic (exact) mass is 213 g/mol. The van der Waals surface area contributed by atoms with Gasteiger partial charge in [-0.05, 0) is 42.5 Å². The molecule has 5 heteroatoms. The molecule has 0 aromatic carbocycles. The molecule has 0 N–H and O–H groups in total. The summed E-state index contributed by atoms with van der Waals surface area (Å²) in [5.74, 6) is 0. The molecule has 0 spiro atoms. The third-order valence-electron chi connectivity index (χ3n) is 2.53. The molecule has 0 amide bonds. The van der Waals surface area contributed by atoms with E-state index in [1.54, 1.807) is 0 Å². The molecule has 14 heavy (non-hydrogen) atoms. The quantitative estimate of drug-likeness (QED) is 0.683. The Morgan fingerprint density at radius 1 is 1.29 bits per heavy atom. The van der Waals surface area contributed by atoms with Crippen molar-refractivity contribution in [2.45, 2.75) is 24.6 Å². The molecular weight excluding hydrogens is 200 g/mol. The van der Waals surface area contributed by atoms with E-state index in [1.165, 1.54) is 0 Å². The lowest BCUT2D eigenvalue weighted by Crippen LogP contribution is -2.48. The molecule has 2 heterocycles. The first-order valence-corrected chi connectivity index (χ1v) is 5.91. The zero-order valence-corrected chi connectivity index (χ0v) is 8.65. The fourth-order valence-electron chi connectivity index (χ4n) is 1.84.